The zero-order chi connectivity index (χ0) is 20.2. The normalized spacial score (nSPS) is 17.7. The molecule has 1 aliphatic heterocycles. The number of ether oxygens (including phenoxy) is 1. The maximum atomic E-state index is 5.82. The largest absolute Gasteiger partial charge is 0.492 e. The maximum absolute atomic E-state index is 5.82. The number of nitrogens with one attached hydrogen (secondary N) is 2. The van der Waals surface area contributed by atoms with Gasteiger partial charge in [-0.1, -0.05) is 18.6 Å². The van der Waals surface area contributed by atoms with Crippen molar-refractivity contribution >= 4 is 29.9 Å². The number of guanidine groups is 1. The predicted octanol–water partition coefficient (Wildman–Crippen LogP) is 3.17. The lowest BCUT2D eigenvalue weighted by Crippen LogP contribution is -2.41. The number of rotatable bonds is 10. The van der Waals surface area contributed by atoms with Crippen LogP contribution >= 0.6 is 24.0 Å². The van der Waals surface area contributed by atoms with Crippen LogP contribution < -0.4 is 15.4 Å². The van der Waals surface area contributed by atoms with Crippen molar-refractivity contribution in [3.05, 3.63) is 29.8 Å². The quantitative estimate of drug-likeness (QED) is 0.216. The van der Waals surface area contributed by atoms with Gasteiger partial charge < -0.3 is 25.2 Å². The van der Waals surface area contributed by atoms with Gasteiger partial charge in [-0.2, -0.15) is 0 Å². The van der Waals surface area contributed by atoms with Gasteiger partial charge in [0.15, 0.2) is 5.96 Å². The molecule has 0 saturated carbocycles. The third kappa shape index (κ3) is 10.5. The topological polar surface area (TPSA) is 52.1 Å². The lowest BCUT2D eigenvalue weighted by Gasteiger charge is -2.33. The van der Waals surface area contributed by atoms with E-state index in [-0.39, 0.29) is 24.0 Å². The van der Waals surface area contributed by atoms with Crippen LogP contribution in [0.15, 0.2) is 29.3 Å². The van der Waals surface area contributed by atoms with E-state index >= 15 is 0 Å². The fourth-order valence-electron chi connectivity index (χ4n) is 3.48. The molecule has 0 amide bonds. The molecule has 2 N–H and O–H groups in total. The lowest BCUT2D eigenvalue weighted by molar-refractivity contribution is 0.159. The van der Waals surface area contributed by atoms with E-state index in [2.05, 4.69) is 58.6 Å². The molecule has 1 atom stereocenters. The van der Waals surface area contributed by atoms with Crippen LogP contribution in [0.2, 0.25) is 0 Å². The average Bonchev–Trinajstić information content (AvgIpc) is 2.69. The highest BCUT2D eigenvalue weighted by Gasteiger charge is 2.17. The van der Waals surface area contributed by atoms with Gasteiger partial charge in [0.2, 0.25) is 0 Å². The molecule has 1 aromatic carbocycles. The van der Waals surface area contributed by atoms with Gasteiger partial charge in [-0.3, -0.25) is 4.99 Å². The standard InChI is InChI=1S/C22H39N5O.HI/c1-19-9-5-6-13-27(19)14-8-12-24-22(23-2)25-18-20-10-7-11-21(17-20)28-16-15-26(3)4;/h7,10-11,17,19H,5-6,8-9,12-16,18H2,1-4H3,(H2,23,24,25);1H. The van der Waals surface area contributed by atoms with E-state index in [4.69, 9.17) is 4.74 Å². The Bertz CT molecular complexity index is 596. The summed E-state index contributed by atoms with van der Waals surface area (Å²) in [7, 11) is 5.92. The summed E-state index contributed by atoms with van der Waals surface area (Å²) >= 11 is 0. The molecule has 0 bridgehead atoms. The van der Waals surface area contributed by atoms with E-state index in [1.807, 2.05) is 19.2 Å². The van der Waals surface area contributed by atoms with Crippen LogP contribution in [0.3, 0.4) is 0 Å². The molecule has 1 heterocycles. The summed E-state index contributed by atoms with van der Waals surface area (Å²) in [4.78, 5) is 9.07. The van der Waals surface area contributed by atoms with E-state index < -0.39 is 0 Å². The van der Waals surface area contributed by atoms with Crippen molar-refractivity contribution in [1.29, 1.82) is 0 Å². The molecular weight excluding hydrogens is 477 g/mol. The van der Waals surface area contributed by atoms with Gasteiger partial charge in [0.1, 0.15) is 12.4 Å². The first-order valence-electron chi connectivity index (χ1n) is 10.6. The number of nitrogens with zero attached hydrogens (tertiary/aromatic N) is 3. The van der Waals surface area contributed by atoms with Gasteiger partial charge in [-0.25, -0.2) is 0 Å². The van der Waals surface area contributed by atoms with Crippen molar-refractivity contribution in [1.82, 2.24) is 20.4 Å². The Morgan fingerprint density at radius 3 is 2.83 bits per heavy atom. The van der Waals surface area contributed by atoms with Crippen molar-refractivity contribution in [2.24, 2.45) is 4.99 Å². The first kappa shape index (κ1) is 26.0. The molecule has 0 spiro atoms. The summed E-state index contributed by atoms with van der Waals surface area (Å²) in [5.41, 5.74) is 1.19. The molecule has 1 aromatic rings. The first-order valence-corrected chi connectivity index (χ1v) is 10.6. The number of benzene rings is 1. The number of halogens is 1. The molecule has 29 heavy (non-hydrogen) atoms. The van der Waals surface area contributed by atoms with E-state index in [0.29, 0.717) is 6.61 Å². The van der Waals surface area contributed by atoms with Crippen LogP contribution in [0.4, 0.5) is 0 Å². The Morgan fingerprint density at radius 2 is 2.10 bits per heavy atom. The fourth-order valence-corrected chi connectivity index (χ4v) is 3.48. The van der Waals surface area contributed by atoms with Gasteiger partial charge in [-0.05, 0) is 64.5 Å². The Balaban J connectivity index is 0.00000420. The number of hydrogen-bond acceptors (Lipinski definition) is 4. The van der Waals surface area contributed by atoms with Crippen LogP contribution in [0.25, 0.3) is 0 Å². The second-order valence-corrected chi connectivity index (χ2v) is 7.89. The van der Waals surface area contributed by atoms with Crippen molar-refractivity contribution in [3.63, 3.8) is 0 Å². The molecule has 2 rings (SSSR count). The van der Waals surface area contributed by atoms with Crippen LogP contribution in [0, 0.1) is 0 Å². The molecule has 0 aliphatic carbocycles. The van der Waals surface area contributed by atoms with Gasteiger partial charge in [-0.15, -0.1) is 24.0 Å². The molecule has 0 radical (unpaired) electrons. The minimum Gasteiger partial charge on any atom is -0.492 e. The van der Waals surface area contributed by atoms with E-state index in [9.17, 15) is 0 Å². The molecular formula is C22H40IN5O. The van der Waals surface area contributed by atoms with Crippen molar-refractivity contribution in [2.75, 3.05) is 53.9 Å². The summed E-state index contributed by atoms with van der Waals surface area (Å²) < 4.78 is 5.82. The van der Waals surface area contributed by atoms with Crippen LogP contribution in [0.5, 0.6) is 5.75 Å². The Hall–Kier alpha value is -1.06. The van der Waals surface area contributed by atoms with E-state index in [0.717, 1.165) is 50.4 Å². The highest BCUT2D eigenvalue weighted by Crippen LogP contribution is 2.16. The number of hydrogen-bond donors (Lipinski definition) is 2. The first-order chi connectivity index (χ1) is 13.6. The van der Waals surface area contributed by atoms with Crippen molar-refractivity contribution in [2.45, 2.75) is 45.2 Å². The van der Waals surface area contributed by atoms with Crippen LogP contribution in [-0.2, 0) is 6.54 Å². The summed E-state index contributed by atoms with van der Waals surface area (Å²) in [6.45, 7) is 8.05. The van der Waals surface area contributed by atoms with Crippen LogP contribution in [-0.4, -0.2) is 75.7 Å². The third-order valence-corrected chi connectivity index (χ3v) is 5.24. The molecule has 0 aromatic heterocycles. The molecule has 1 saturated heterocycles. The minimum atomic E-state index is 0. The van der Waals surface area contributed by atoms with Gasteiger partial charge >= 0.3 is 0 Å². The highest BCUT2D eigenvalue weighted by molar-refractivity contribution is 14.0. The van der Waals surface area contributed by atoms with Crippen molar-refractivity contribution in [3.8, 4) is 5.75 Å². The number of aliphatic imine (C=N–C) groups is 1. The highest BCUT2D eigenvalue weighted by atomic mass is 127. The zero-order valence-corrected chi connectivity index (χ0v) is 20.9. The Morgan fingerprint density at radius 1 is 1.28 bits per heavy atom. The summed E-state index contributed by atoms with van der Waals surface area (Å²) in [6.07, 6.45) is 5.21. The average molecular weight is 518 g/mol. The summed E-state index contributed by atoms with van der Waals surface area (Å²) in [5, 5.41) is 6.83. The minimum absolute atomic E-state index is 0. The van der Waals surface area contributed by atoms with Gasteiger partial charge in [0.05, 0.1) is 0 Å². The molecule has 1 aliphatic rings. The van der Waals surface area contributed by atoms with Crippen molar-refractivity contribution < 1.29 is 4.74 Å². The molecule has 7 heteroatoms. The molecule has 6 nitrogen and oxygen atoms in total. The smallest absolute Gasteiger partial charge is 0.191 e. The zero-order valence-electron chi connectivity index (χ0n) is 18.6. The van der Waals surface area contributed by atoms with Gasteiger partial charge in [0.25, 0.3) is 0 Å². The van der Waals surface area contributed by atoms with Gasteiger partial charge in [0, 0.05) is 39.3 Å². The maximum Gasteiger partial charge on any atom is 0.191 e. The summed E-state index contributed by atoms with van der Waals surface area (Å²) in [5.74, 6) is 1.77. The van der Waals surface area contributed by atoms with E-state index in [1.54, 1.807) is 0 Å². The van der Waals surface area contributed by atoms with Crippen LogP contribution in [0.1, 0.15) is 38.2 Å². The predicted molar refractivity (Wildman–Crippen MR) is 134 cm³/mol. The number of likely N-dealkylation sites (tertiary alicyclic amines) is 1. The molecule has 1 unspecified atom stereocenters. The fraction of sp³-hybridized carbons (Fsp3) is 0.682. The molecule has 166 valence electrons. The monoisotopic (exact) mass is 517 g/mol. The third-order valence-electron chi connectivity index (χ3n) is 5.24. The SMILES string of the molecule is CN=C(NCCCN1CCCCC1C)NCc1cccc(OCCN(C)C)c1.I. The molecule has 1 fully saturated rings. The number of likely N-dealkylation sites (N-methyl/N-ethyl adjacent to an activating group) is 1. The summed E-state index contributed by atoms with van der Waals surface area (Å²) in [6, 6.07) is 8.98. The lowest BCUT2D eigenvalue weighted by atomic mass is 10.0. The second-order valence-electron chi connectivity index (χ2n) is 7.89. The Labute approximate surface area is 194 Å². The number of piperidine rings is 1. The van der Waals surface area contributed by atoms with E-state index in [1.165, 1.54) is 31.4 Å². The second kappa shape index (κ2) is 14.8. The Kier molecular flexibility index (Phi) is 13.3.